The fourth-order valence-electron chi connectivity index (χ4n) is 2.70. The van der Waals surface area contributed by atoms with Crippen molar-refractivity contribution >= 4 is 22.6 Å². The SMILES string of the molecule is CCc1nc2cc(N)ccc2n1CC1CCC(=O)N1. The van der Waals surface area contributed by atoms with Crippen molar-refractivity contribution in [3.05, 3.63) is 24.0 Å². The van der Waals surface area contributed by atoms with Gasteiger partial charge in [0.2, 0.25) is 5.91 Å². The summed E-state index contributed by atoms with van der Waals surface area (Å²) in [5, 5.41) is 3.01. The number of nitrogen functional groups attached to an aromatic ring is 1. The number of fused-ring (bicyclic) bond motifs is 1. The lowest BCUT2D eigenvalue weighted by molar-refractivity contribution is -0.119. The van der Waals surface area contributed by atoms with Crippen LogP contribution in [0.5, 0.6) is 0 Å². The summed E-state index contributed by atoms with van der Waals surface area (Å²) in [6.07, 6.45) is 2.40. The van der Waals surface area contributed by atoms with Gasteiger partial charge in [-0.15, -0.1) is 0 Å². The Kier molecular flexibility index (Phi) is 2.89. The second-order valence-electron chi connectivity index (χ2n) is 5.04. The maximum Gasteiger partial charge on any atom is 0.220 e. The average molecular weight is 258 g/mol. The molecule has 0 bridgehead atoms. The largest absolute Gasteiger partial charge is 0.399 e. The molecule has 1 fully saturated rings. The summed E-state index contributed by atoms with van der Waals surface area (Å²) >= 11 is 0. The first-order valence-electron chi connectivity index (χ1n) is 6.71. The molecule has 3 rings (SSSR count). The highest BCUT2D eigenvalue weighted by Crippen LogP contribution is 2.21. The Morgan fingerprint density at radius 1 is 1.53 bits per heavy atom. The van der Waals surface area contributed by atoms with Crippen molar-refractivity contribution in [2.24, 2.45) is 0 Å². The Morgan fingerprint density at radius 3 is 3.05 bits per heavy atom. The van der Waals surface area contributed by atoms with Crippen LogP contribution >= 0.6 is 0 Å². The lowest BCUT2D eigenvalue weighted by Gasteiger charge is -2.14. The van der Waals surface area contributed by atoms with E-state index in [2.05, 4.69) is 21.8 Å². The van der Waals surface area contributed by atoms with Crippen molar-refractivity contribution in [1.29, 1.82) is 0 Å². The van der Waals surface area contributed by atoms with Gasteiger partial charge in [-0.05, 0) is 24.6 Å². The van der Waals surface area contributed by atoms with Gasteiger partial charge in [0.1, 0.15) is 5.82 Å². The van der Waals surface area contributed by atoms with E-state index in [1.807, 2.05) is 18.2 Å². The van der Waals surface area contributed by atoms with Gasteiger partial charge in [0.05, 0.1) is 11.0 Å². The number of carbonyl (C=O) groups is 1. The molecule has 1 amide bonds. The summed E-state index contributed by atoms with van der Waals surface area (Å²) in [6.45, 7) is 2.88. The molecule has 3 N–H and O–H groups in total. The summed E-state index contributed by atoms with van der Waals surface area (Å²) in [6, 6.07) is 6.02. The summed E-state index contributed by atoms with van der Waals surface area (Å²) < 4.78 is 2.20. The van der Waals surface area contributed by atoms with E-state index in [9.17, 15) is 4.79 Å². The van der Waals surface area contributed by atoms with Crippen molar-refractivity contribution in [3.63, 3.8) is 0 Å². The number of nitrogens with zero attached hydrogens (tertiary/aromatic N) is 2. The second-order valence-corrected chi connectivity index (χ2v) is 5.04. The third-order valence-electron chi connectivity index (χ3n) is 3.66. The van der Waals surface area contributed by atoms with Crippen LogP contribution < -0.4 is 11.1 Å². The van der Waals surface area contributed by atoms with Crippen LogP contribution in [-0.4, -0.2) is 21.5 Å². The number of anilines is 1. The molecule has 0 saturated carbocycles. The smallest absolute Gasteiger partial charge is 0.220 e. The van der Waals surface area contributed by atoms with E-state index in [0.717, 1.165) is 41.9 Å². The van der Waals surface area contributed by atoms with E-state index in [1.54, 1.807) is 0 Å². The summed E-state index contributed by atoms with van der Waals surface area (Å²) in [4.78, 5) is 15.9. The van der Waals surface area contributed by atoms with Crippen LogP contribution in [0.1, 0.15) is 25.6 Å². The van der Waals surface area contributed by atoms with Gasteiger partial charge in [0, 0.05) is 31.1 Å². The molecule has 0 radical (unpaired) electrons. The first-order valence-corrected chi connectivity index (χ1v) is 6.71. The van der Waals surface area contributed by atoms with Gasteiger partial charge in [0.15, 0.2) is 0 Å². The maximum atomic E-state index is 11.3. The Bertz CT molecular complexity index is 632. The van der Waals surface area contributed by atoms with Crippen LogP contribution in [0, 0.1) is 0 Å². The Labute approximate surface area is 111 Å². The standard InChI is InChI=1S/C14H18N4O/c1-2-13-17-11-7-9(15)3-5-12(11)18(13)8-10-4-6-14(19)16-10/h3,5,7,10H,2,4,6,8,15H2,1H3,(H,16,19). The van der Waals surface area contributed by atoms with Crippen molar-refractivity contribution in [2.45, 2.75) is 38.8 Å². The van der Waals surface area contributed by atoms with Crippen molar-refractivity contribution in [1.82, 2.24) is 14.9 Å². The molecule has 5 nitrogen and oxygen atoms in total. The maximum absolute atomic E-state index is 11.3. The Morgan fingerprint density at radius 2 is 2.37 bits per heavy atom. The number of rotatable bonds is 3. The van der Waals surface area contributed by atoms with Gasteiger partial charge in [0.25, 0.3) is 0 Å². The molecule has 2 heterocycles. The van der Waals surface area contributed by atoms with E-state index in [0.29, 0.717) is 6.42 Å². The highest BCUT2D eigenvalue weighted by Gasteiger charge is 2.22. The molecule has 2 aromatic rings. The fourth-order valence-corrected chi connectivity index (χ4v) is 2.70. The van der Waals surface area contributed by atoms with Crippen molar-refractivity contribution in [2.75, 3.05) is 5.73 Å². The lowest BCUT2D eigenvalue weighted by atomic mass is 10.2. The normalized spacial score (nSPS) is 19.0. The summed E-state index contributed by atoms with van der Waals surface area (Å²) in [5.41, 5.74) is 8.55. The van der Waals surface area contributed by atoms with Crippen LogP contribution in [-0.2, 0) is 17.8 Å². The monoisotopic (exact) mass is 258 g/mol. The van der Waals surface area contributed by atoms with Crippen molar-refractivity contribution < 1.29 is 4.79 Å². The van der Waals surface area contributed by atoms with Crippen LogP contribution in [0.4, 0.5) is 5.69 Å². The number of imidazole rings is 1. The van der Waals surface area contributed by atoms with E-state index in [-0.39, 0.29) is 11.9 Å². The molecule has 0 aliphatic carbocycles. The molecule has 1 aromatic carbocycles. The zero-order valence-corrected chi connectivity index (χ0v) is 11.0. The number of aryl methyl sites for hydroxylation is 1. The highest BCUT2D eigenvalue weighted by atomic mass is 16.1. The third-order valence-corrected chi connectivity index (χ3v) is 3.66. The molecular weight excluding hydrogens is 240 g/mol. The number of hydrogen-bond donors (Lipinski definition) is 2. The van der Waals surface area contributed by atoms with Crippen LogP contribution in [0.2, 0.25) is 0 Å². The van der Waals surface area contributed by atoms with E-state index >= 15 is 0 Å². The van der Waals surface area contributed by atoms with Gasteiger partial charge in [-0.25, -0.2) is 4.98 Å². The summed E-state index contributed by atoms with van der Waals surface area (Å²) in [5.74, 6) is 1.19. The molecule has 1 unspecified atom stereocenters. The number of hydrogen-bond acceptors (Lipinski definition) is 3. The number of amides is 1. The van der Waals surface area contributed by atoms with E-state index < -0.39 is 0 Å². The molecule has 1 aliphatic heterocycles. The van der Waals surface area contributed by atoms with Gasteiger partial charge >= 0.3 is 0 Å². The van der Waals surface area contributed by atoms with Crippen LogP contribution in [0.25, 0.3) is 11.0 Å². The van der Waals surface area contributed by atoms with Crippen LogP contribution in [0.3, 0.4) is 0 Å². The molecule has 100 valence electrons. The first kappa shape index (κ1) is 12.0. The fraction of sp³-hybridized carbons (Fsp3) is 0.429. The molecule has 1 saturated heterocycles. The third kappa shape index (κ3) is 2.16. The first-order chi connectivity index (χ1) is 9.17. The molecule has 5 heteroatoms. The van der Waals surface area contributed by atoms with Crippen molar-refractivity contribution in [3.8, 4) is 0 Å². The quantitative estimate of drug-likeness (QED) is 0.819. The van der Waals surface area contributed by atoms with Gasteiger partial charge < -0.3 is 15.6 Å². The minimum atomic E-state index is 0.150. The number of aromatic nitrogens is 2. The van der Waals surface area contributed by atoms with Gasteiger partial charge in [-0.1, -0.05) is 6.92 Å². The Balaban J connectivity index is 1.98. The molecular formula is C14H18N4O. The highest BCUT2D eigenvalue weighted by molar-refractivity contribution is 5.80. The molecule has 19 heavy (non-hydrogen) atoms. The predicted molar refractivity (Wildman–Crippen MR) is 74.7 cm³/mol. The number of nitrogens with one attached hydrogen (secondary N) is 1. The second kappa shape index (κ2) is 4.57. The number of carbonyl (C=O) groups excluding carboxylic acids is 1. The van der Waals surface area contributed by atoms with Crippen LogP contribution in [0.15, 0.2) is 18.2 Å². The molecule has 1 aliphatic rings. The predicted octanol–water partition coefficient (Wildman–Crippen LogP) is 1.46. The zero-order chi connectivity index (χ0) is 13.4. The lowest BCUT2D eigenvalue weighted by Crippen LogP contribution is -2.30. The molecule has 0 spiro atoms. The molecule has 1 aromatic heterocycles. The van der Waals surface area contributed by atoms with E-state index in [4.69, 9.17) is 5.73 Å². The summed E-state index contributed by atoms with van der Waals surface area (Å²) in [7, 11) is 0. The topological polar surface area (TPSA) is 72.9 Å². The van der Waals surface area contributed by atoms with E-state index in [1.165, 1.54) is 0 Å². The zero-order valence-electron chi connectivity index (χ0n) is 11.0. The Hall–Kier alpha value is -2.04. The minimum Gasteiger partial charge on any atom is -0.399 e. The average Bonchev–Trinajstić information content (AvgIpc) is 2.94. The number of benzene rings is 1. The van der Waals surface area contributed by atoms with Gasteiger partial charge in [-0.3, -0.25) is 4.79 Å². The number of nitrogens with two attached hydrogens (primary N) is 1. The van der Waals surface area contributed by atoms with Gasteiger partial charge in [-0.2, -0.15) is 0 Å². The minimum absolute atomic E-state index is 0.150. The molecule has 1 atom stereocenters.